The minimum atomic E-state index is -1.01. The van der Waals surface area contributed by atoms with Crippen LogP contribution >= 0.6 is 0 Å². The number of nitrogens with zero attached hydrogens (tertiary/aromatic N) is 2. The van der Waals surface area contributed by atoms with Crippen LogP contribution < -0.4 is 0 Å². The number of rotatable bonds is 5. The van der Waals surface area contributed by atoms with Crippen molar-refractivity contribution in [1.29, 1.82) is 5.26 Å². The van der Waals surface area contributed by atoms with Crippen molar-refractivity contribution in [2.45, 2.75) is 20.3 Å². The fourth-order valence-corrected chi connectivity index (χ4v) is 1.02. The van der Waals surface area contributed by atoms with Gasteiger partial charge in [-0.25, -0.2) is 9.64 Å². The molecule has 6 nitrogen and oxygen atoms in total. The molecule has 0 bridgehead atoms. The molecule has 0 rings (SSSR count). The summed E-state index contributed by atoms with van der Waals surface area (Å²) in [5.41, 5.74) is -0.407. The van der Waals surface area contributed by atoms with Gasteiger partial charge in [0.1, 0.15) is 11.8 Å². The molecule has 0 aromatic heterocycles. The maximum absolute atomic E-state index is 11.2. The van der Waals surface area contributed by atoms with Gasteiger partial charge in [-0.15, -0.1) is 0 Å². The zero-order chi connectivity index (χ0) is 14.8. The molecule has 0 heterocycles. The number of aliphatic hydroxyl groups is 2. The number of carbonyl (C=O) groups is 1. The largest absolute Gasteiger partial charge is 0.513 e. The summed E-state index contributed by atoms with van der Waals surface area (Å²) in [6.07, 6.45) is 2.49. The van der Waals surface area contributed by atoms with Crippen molar-refractivity contribution in [2.75, 3.05) is 6.61 Å². The summed E-state index contributed by atoms with van der Waals surface area (Å²) in [4.78, 5) is 14.2. The molecule has 0 aromatic rings. The van der Waals surface area contributed by atoms with Gasteiger partial charge in [-0.1, -0.05) is 19.1 Å². The number of ether oxygens (including phenoxy) is 1. The highest BCUT2D eigenvalue weighted by Crippen LogP contribution is 2.11. The minimum Gasteiger partial charge on any atom is -0.513 e. The van der Waals surface area contributed by atoms with Crippen molar-refractivity contribution < 1.29 is 19.7 Å². The standard InChI is InChI=1S/C13H14N2O4/c1-4-11(16)9(8-14)6-7-10(15-3)12(17)13(18)19-5-2/h6-7,16-17H,4-5H2,1-2H3/b7-6+,11-9+,12-10+. The van der Waals surface area contributed by atoms with Crippen LogP contribution in [0.1, 0.15) is 20.3 Å². The van der Waals surface area contributed by atoms with Crippen LogP contribution in [0.5, 0.6) is 0 Å². The Balaban J connectivity index is 5.35. The van der Waals surface area contributed by atoms with E-state index < -0.39 is 11.7 Å². The lowest BCUT2D eigenvalue weighted by atomic mass is 10.2. The zero-order valence-corrected chi connectivity index (χ0v) is 10.7. The maximum atomic E-state index is 11.2. The van der Waals surface area contributed by atoms with Gasteiger partial charge in [-0.05, 0) is 6.92 Å². The fourth-order valence-electron chi connectivity index (χ4n) is 1.02. The van der Waals surface area contributed by atoms with E-state index in [4.69, 9.17) is 11.8 Å². The second-order valence-corrected chi connectivity index (χ2v) is 3.23. The molecule has 0 amide bonds. The third kappa shape index (κ3) is 4.97. The number of nitriles is 1. The van der Waals surface area contributed by atoms with Crippen LogP contribution in [0, 0.1) is 17.9 Å². The van der Waals surface area contributed by atoms with Gasteiger partial charge in [-0.2, -0.15) is 5.26 Å². The Hall–Kier alpha value is -2.73. The quantitative estimate of drug-likeness (QED) is 0.198. The molecule has 0 unspecified atom stereocenters. The van der Waals surface area contributed by atoms with E-state index >= 15 is 0 Å². The van der Waals surface area contributed by atoms with Crippen LogP contribution in [-0.2, 0) is 9.53 Å². The van der Waals surface area contributed by atoms with Crippen LogP contribution in [0.4, 0.5) is 0 Å². The Kier molecular flexibility index (Phi) is 7.17. The first-order valence-electron chi connectivity index (χ1n) is 5.49. The van der Waals surface area contributed by atoms with E-state index in [1.165, 1.54) is 0 Å². The SMILES string of the molecule is [C-]#[N+]C(/C=C/C(C#N)=C(\O)CC)=C(/O)C(=O)OCC. The van der Waals surface area contributed by atoms with Crippen LogP contribution in [-0.4, -0.2) is 22.8 Å². The van der Waals surface area contributed by atoms with Crippen molar-refractivity contribution in [1.82, 2.24) is 0 Å². The van der Waals surface area contributed by atoms with E-state index in [9.17, 15) is 15.0 Å². The first-order chi connectivity index (χ1) is 9.01. The van der Waals surface area contributed by atoms with Crippen LogP contribution in [0.2, 0.25) is 0 Å². The fraction of sp³-hybridized carbons (Fsp3) is 0.308. The molecule has 0 saturated carbocycles. The molecule has 0 spiro atoms. The van der Waals surface area contributed by atoms with Crippen LogP contribution in [0.25, 0.3) is 4.85 Å². The van der Waals surface area contributed by atoms with Gasteiger partial charge in [0.25, 0.3) is 0 Å². The van der Waals surface area contributed by atoms with Gasteiger partial charge in [0.15, 0.2) is 0 Å². The van der Waals surface area contributed by atoms with Crippen molar-refractivity contribution in [3.8, 4) is 6.07 Å². The molecule has 0 saturated heterocycles. The molecule has 0 aliphatic carbocycles. The Morgan fingerprint density at radius 1 is 1.42 bits per heavy atom. The average molecular weight is 262 g/mol. The lowest BCUT2D eigenvalue weighted by molar-refractivity contribution is -0.141. The normalized spacial score (nSPS) is 13.1. The predicted octanol–water partition coefficient (Wildman–Crippen LogP) is 2.54. The summed E-state index contributed by atoms with van der Waals surface area (Å²) >= 11 is 0. The maximum Gasteiger partial charge on any atom is 0.362 e. The van der Waals surface area contributed by atoms with E-state index in [0.717, 1.165) is 12.2 Å². The van der Waals surface area contributed by atoms with E-state index in [2.05, 4.69) is 9.58 Å². The molecule has 0 aliphatic rings. The lowest BCUT2D eigenvalue weighted by Gasteiger charge is -2.01. The summed E-state index contributed by atoms with van der Waals surface area (Å²) in [5.74, 6) is -1.99. The number of carbonyl (C=O) groups excluding carboxylic acids is 1. The first-order valence-corrected chi connectivity index (χ1v) is 5.49. The van der Waals surface area contributed by atoms with Gasteiger partial charge in [0.05, 0.1) is 18.8 Å². The molecule has 2 N–H and O–H groups in total. The van der Waals surface area contributed by atoms with Gasteiger partial charge in [0, 0.05) is 6.42 Å². The summed E-state index contributed by atoms with van der Waals surface area (Å²) < 4.78 is 4.54. The Morgan fingerprint density at radius 2 is 2.05 bits per heavy atom. The molecule has 0 aromatic carbocycles. The summed E-state index contributed by atoms with van der Waals surface area (Å²) in [6.45, 7) is 10.1. The molecule has 100 valence electrons. The van der Waals surface area contributed by atoms with Gasteiger partial charge < -0.3 is 14.9 Å². The first kappa shape index (κ1) is 16.3. The Bertz CT molecular complexity index is 516. The minimum absolute atomic E-state index is 0.0414. The zero-order valence-electron chi connectivity index (χ0n) is 10.7. The molecule has 19 heavy (non-hydrogen) atoms. The number of esters is 1. The van der Waals surface area contributed by atoms with Crippen molar-refractivity contribution in [2.24, 2.45) is 0 Å². The molecule has 0 atom stereocenters. The highest BCUT2D eigenvalue weighted by Gasteiger charge is 2.13. The monoisotopic (exact) mass is 262 g/mol. The molecule has 6 heteroatoms. The lowest BCUT2D eigenvalue weighted by Crippen LogP contribution is -2.08. The van der Waals surface area contributed by atoms with Crippen molar-refractivity contribution in [3.63, 3.8) is 0 Å². The summed E-state index contributed by atoms with van der Waals surface area (Å²) in [6, 6.07) is 1.75. The van der Waals surface area contributed by atoms with Crippen molar-refractivity contribution >= 4 is 5.97 Å². The topological polar surface area (TPSA) is 94.9 Å². The highest BCUT2D eigenvalue weighted by atomic mass is 16.5. The van der Waals surface area contributed by atoms with E-state index in [0.29, 0.717) is 0 Å². The highest BCUT2D eigenvalue weighted by molar-refractivity contribution is 5.87. The van der Waals surface area contributed by atoms with Gasteiger partial charge >= 0.3 is 5.97 Å². The Morgan fingerprint density at radius 3 is 2.47 bits per heavy atom. The molecule has 0 fully saturated rings. The number of hydrogen-bond acceptors (Lipinski definition) is 5. The predicted molar refractivity (Wildman–Crippen MR) is 67.6 cm³/mol. The second kappa shape index (κ2) is 8.37. The van der Waals surface area contributed by atoms with Crippen molar-refractivity contribution in [3.05, 3.63) is 46.4 Å². The summed E-state index contributed by atoms with van der Waals surface area (Å²) in [5, 5.41) is 27.6. The van der Waals surface area contributed by atoms with E-state index in [-0.39, 0.29) is 30.1 Å². The van der Waals surface area contributed by atoms with E-state index in [1.807, 2.05) is 0 Å². The molecule has 0 radical (unpaired) electrons. The number of hydrogen-bond donors (Lipinski definition) is 2. The van der Waals surface area contributed by atoms with Crippen LogP contribution in [0.15, 0.2) is 34.9 Å². The van der Waals surface area contributed by atoms with E-state index in [1.54, 1.807) is 19.9 Å². The third-order valence-corrected chi connectivity index (χ3v) is 2.01. The Labute approximate surface area is 111 Å². The average Bonchev–Trinajstić information content (AvgIpc) is 2.42. The number of allylic oxidation sites excluding steroid dienone is 4. The molecular formula is C13H14N2O4. The second-order valence-electron chi connectivity index (χ2n) is 3.23. The molecular weight excluding hydrogens is 248 g/mol. The summed E-state index contributed by atoms with van der Waals surface area (Å²) in [7, 11) is 0. The van der Waals surface area contributed by atoms with Gasteiger partial charge in [0.2, 0.25) is 11.5 Å². The number of aliphatic hydroxyl groups excluding tert-OH is 2. The smallest absolute Gasteiger partial charge is 0.362 e. The van der Waals surface area contributed by atoms with Gasteiger partial charge in [-0.3, -0.25) is 0 Å². The third-order valence-electron chi connectivity index (χ3n) is 2.01. The van der Waals surface area contributed by atoms with Crippen LogP contribution in [0.3, 0.4) is 0 Å². The molecule has 0 aliphatic heterocycles.